The van der Waals surface area contributed by atoms with Crippen LogP contribution in [0, 0.1) is 0 Å². The summed E-state index contributed by atoms with van der Waals surface area (Å²) in [4.78, 5) is 30.1. The highest BCUT2D eigenvalue weighted by Gasteiger charge is 2.47. The van der Waals surface area contributed by atoms with Crippen molar-refractivity contribution < 1.29 is 24.2 Å². The third-order valence-corrected chi connectivity index (χ3v) is 5.96. The van der Waals surface area contributed by atoms with Gasteiger partial charge in [0.2, 0.25) is 0 Å². The molecule has 0 bridgehead atoms. The molecule has 3 aromatic carbocycles. The van der Waals surface area contributed by atoms with Gasteiger partial charge < -0.3 is 19.5 Å². The highest BCUT2D eigenvalue weighted by molar-refractivity contribution is 6.51. The van der Waals surface area contributed by atoms with Crippen molar-refractivity contribution in [1.29, 1.82) is 0 Å². The topological polar surface area (TPSA) is 79.3 Å². The van der Waals surface area contributed by atoms with E-state index in [1.165, 1.54) is 12.0 Å². The molecule has 1 fully saturated rings. The third kappa shape index (κ3) is 4.45. The minimum atomic E-state index is -0.825. The molecule has 35 heavy (non-hydrogen) atoms. The number of amides is 1. The highest BCUT2D eigenvalue weighted by Crippen LogP contribution is 2.43. The molecule has 7 heteroatoms. The van der Waals surface area contributed by atoms with Gasteiger partial charge >= 0.3 is 0 Å². The van der Waals surface area contributed by atoms with Crippen molar-refractivity contribution in [2.45, 2.75) is 13.0 Å². The molecule has 1 aliphatic rings. The van der Waals surface area contributed by atoms with Gasteiger partial charge in [0.25, 0.3) is 11.7 Å². The van der Waals surface area contributed by atoms with Crippen LogP contribution in [0.2, 0.25) is 0 Å². The van der Waals surface area contributed by atoms with E-state index in [2.05, 4.69) is 0 Å². The van der Waals surface area contributed by atoms with Gasteiger partial charge in [-0.2, -0.15) is 0 Å². The lowest BCUT2D eigenvalue weighted by molar-refractivity contribution is -0.132. The van der Waals surface area contributed by atoms with Crippen LogP contribution in [0.25, 0.3) is 5.76 Å². The van der Waals surface area contributed by atoms with Gasteiger partial charge in [0.15, 0.2) is 0 Å². The van der Waals surface area contributed by atoms with Crippen LogP contribution in [0.3, 0.4) is 0 Å². The summed E-state index contributed by atoms with van der Waals surface area (Å²) in [6, 6.07) is 20.6. The zero-order valence-corrected chi connectivity index (χ0v) is 20.2. The van der Waals surface area contributed by atoms with Gasteiger partial charge in [-0.15, -0.1) is 0 Å². The molecule has 1 N–H and O–H groups in total. The Morgan fingerprint density at radius 2 is 1.63 bits per heavy atom. The summed E-state index contributed by atoms with van der Waals surface area (Å²) in [5.41, 5.74) is 2.54. The van der Waals surface area contributed by atoms with Gasteiger partial charge in [0.1, 0.15) is 17.3 Å². The Kier molecular flexibility index (Phi) is 6.78. The van der Waals surface area contributed by atoms with Gasteiger partial charge in [0, 0.05) is 25.5 Å². The van der Waals surface area contributed by atoms with Gasteiger partial charge in [-0.1, -0.05) is 24.3 Å². The summed E-state index contributed by atoms with van der Waals surface area (Å²) in [5.74, 6) is -0.695. The molecular formula is C28H28N2O5. The first-order valence-electron chi connectivity index (χ1n) is 11.3. The first kappa shape index (κ1) is 23.9. The molecule has 0 radical (unpaired) electrons. The van der Waals surface area contributed by atoms with Crippen molar-refractivity contribution in [3.8, 4) is 11.5 Å². The van der Waals surface area contributed by atoms with Crippen molar-refractivity contribution in [2.24, 2.45) is 0 Å². The van der Waals surface area contributed by atoms with E-state index in [-0.39, 0.29) is 11.3 Å². The van der Waals surface area contributed by atoms with Gasteiger partial charge in [-0.25, -0.2) is 0 Å². The summed E-state index contributed by atoms with van der Waals surface area (Å²) >= 11 is 0. The van der Waals surface area contributed by atoms with Crippen LogP contribution < -0.4 is 19.3 Å². The highest BCUT2D eigenvalue weighted by atomic mass is 16.5. The molecule has 1 aliphatic heterocycles. The molecule has 1 heterocycles. The van der Waals surface area contributed by atoms with Crippen LogP contribution in [-0.4, -0.2) is 44.6 Å². The summed E-state index contributed by atoms with van der Waals surface area (Å²) in [6.45, 7) is 2.41. The summed E-state index contributed by atoms with van der Waals surface area (Å²) in [6.07, 6.45) is 0. The number of carbonyl (C=O) groups is 2. The number of para-hydroxylation sites is 1. The molecule has 0 spiro atoms. The lowest BCUT2D eigenvalue weighted by Crippen LogP contribution is -2.29. The van der Waals surface area contributed by atoms with Crippen molar-refractivity contribution >= 4 is 28.8 Å². The van der Waals surface area contributed by atoms with E-state index in [0.29, 0.717) is 34.9 Å². The minimum absolute atomic E-state index is 0.00554. The van der Waals surface area contributed by atoms with Crippen LogP contribution in [-0.2, 0) is 9.59 Å². The second-order valence-electron chi connectivity index (χ2n) is 8.28. The number of hydrogen-bond donors (Lipinski definition) is 1. The van der Waals surface area contributed by atoms with Crippen LogP contribution in [0.15, 0.2) is 78.4 Å². The van der Waals surface area contributed by atoms with E-state index in [9.17, 15) is 14.7 Å². The van der Waals surface area contributed by atoms with E-state index in [4.69, 9.17) is 9.47 Å². The average Bonchev–Trinajstić information content (AvgIpc) is 3.14. The Morgan fingerprint density at radius 3 is 2.23 bits per heavy atom. The number of rotatable bonds is 7. The number of Topliss-reactive ketones (excluding diaryl/α,β-unsaturated/α-hetero) is 1. The quantitative estimate of drug-likeness (QED) is 0.303. The Bertz CT molecular complexity index is 1260. The molecule has 0 aliphatic carbocycles. The second-order valence-corrected chi connectivity index (χ2v) is 8.28. The molecule has 3 aromatic rings. The van der Waals surface area contributed by atoms with Gasteiger partial charge in [0.05, 0.1) is 30.9 Å². The number of ketones is 1. The fourth-order valence-electron chi connectivity index (χ4n) is 4.22. The van der Waals surface area contributed by atoms with E-state index in [0.717, 1.165) is 5.69 Å². The number of nitrogens with zero attached hydrogens (tertiary/aromatic N) is 2. The van der Waals surface area contributed by atoms with Gasteiger partial charge in [-0.05, 0) is 61.0 Å². The van der Waals surface area contributed by atoms with Crippen molar-refractivity contribution in [1.82, 2.24) is 0 Å². The molecule has 0 aromatic heterocycles. The molecule has 4 rings (SSSR count). The fourth-order valence-corrected chi connectivity index (χ4v) is 4.22. The van der Waals surface area contributed by atoms with Gasteiger partial charge in [-0.3, -0.25) is 14.5 Å². The Balaban J connectivity index is 1.91. The smallest absolute Gasteiger partial charge is 0.300 e. The van der Waals surface area contributed by atoms with E-state index in [1.807, 2.05) is 50.2 Å². The molecule has 1 amide bonds. The molecular weight excluding hydrogens is 444 g/mol. The predicted octanol–water partition coefficient (Wildman–Crippen LogP) is 4.79. The fraction of sp³-hybridized carbons (Fsp3) is 0.214. The lowest BCUT2D eigenvalue weighted by Gasteiger charge is -2.26. The van der Waals surface area contributed by atoms with Crippen molar-refractivity contribution in [2.75, 3.05) is 37.6 Å². The SMILES string of the molecule is CCOc1ccc(N2C(=O)C(=O)/C(=C(\O)c3ccccc3OC)C2c2ccc(N(C)C)cc2)cc1. The molecule has 0 saturated carbocycles. The number of ether oxygens (including phenoxy) is 2. The first-order chi connectivity index (χ1) is 16.9. The molecule has 7 nitrogen and oxygen atoms in total. The summed E-state index contributed by atoms with van der Waals surface area (Å²) < 4.78 is 10.9. The van der Waals surface area contributed by atoms with Crippen molar-refractivity contribution in [3.63, 3.8) is 0 Å². The van der Waals surface area contributed by atoms with E-state index in [1.54, 1.807) is 48.5 Å². The van der Waals surface area contributed by atoms with Crippen LogP contribution in [0.4, 0.5) is 11.4 Å². The molecule has 1 unspecified atom stereocenters. The number of hydrogen-bond acceptors (Lipinski definition) is 6. The number of anilines is 2. The maximum Gasteiger partial charge on any atom is 0.300 e. The van der Waals surface area contributed by atoms with Crippen LogP contribution in [0.1, 0.15) is 24.1 Å². The maximum absolute atomic E-state index is 13.3. The third-order valence-electron chi connectivity index (χ3n) is 5.96. The second kappa shape index (κ2) is 9.93. The van der Waals surface area contributed by atoms with Crippen molar-refractivity contribution in [3.05, 3.63) is 89.5 Å². The molecule has 1 saturated heterocycles. The normalized spacial score (nSPS) is 16.9. The number of benzene rings is 3. The monoisotopic (exact) mass is 472 g/mol. The zero-order valence-electron chi connectivity index (χ0n) is 20.2. The average molecular weight is 473 g/mol. The Labute approximate surface area is 204 Å². The maximum atomic E-state index is 13.3. The first-order valence-corrected chi connectivity index (χ1v) is 11.3. The number of aliphatic hydroxyl groups excluding tert-OH is 1. The number of methoxy groups -OCH3 is 1. The van der Waals surface area contributed by atoms with Crippen LogP contribution in [0.5, 0.6) is 11.5 Å². The molecule has 1 atom stereocenters. The Hall–Kier alpha value is -4.26. The Morgan fingerprint density at radius 1 is 0.971 bits per heavy atom. The minimum Gasteiger partial charge on any atom is -0.507 e. The molecule has 180 valence electrons. The largest absolute Gasteiger partial charge is 0.507 e. The summed E-state index contributed by atoms with van der Waals surface area (Å²) in [7, 11) is 5.35. The van der Waals surface area contributed by atoms with Crippen LogP contribution >= 0.6 is 0 Å². The van der Waals surface area contributed by atoms with E-state index >= 15 is 0 Å². The zero-order chi connectivity index (χ0) is 25.1. The predicted molar refractivity (Wildman–Crippen MR) is 136 cm³/mol. The lowest BCUT2D eigenvalue weighted by atomic mass is 9.94. The summed E-state index contributed by atoms with van der Waals surface area (Å²) in [5, 5.41) is 11.3. The number of aliphatic hydroxyl groups is 1. The van der Waals surface area contributed by atoms with E-state index < -0.39 is 17.7 Å². The standard InChI is InChI=1S/C28H28N2O5/c1-5-35-21-16-14-20(15-17-21)30-25(18-10-12-19(13-11-18)29(2)3)24(27(32)28(30)33)26(31)22-8-6-7-9-23(22)34-4/h6-17,25,31H,5H2,1-4H3/b26-24-. The number of carbonyl (C=O) groups excluding carboxylic acids is 2.